The molecule has 1 aliphatic heterocycles. The van der Waals surface area contributed by atoms with Crippen molar-refractivity contribution < 1.29 is 13.2 Å². The lowest BCUT2D eigenvalue weighted by Gasteiger charge is -2.34. The Morgan fingerprint density at radius 2 is 1.58 bits per heavy atom. The van der Waals surface area contributed by atoms with E-state index in [4.69, 9.17) is 0 Å². The van der Waals surface area contributed by atoms with Gasteiger partial charge in [0.1, 0.15) is 0 Å². The summed E-state index contributed by atoms with van der Waals surface area (Å²) in [6, 6.07) is 12.9. The number of alkyl halides is 3. The van der Waals surface area contributed by atoms with Crippen LogP contribution in [0.4, 0.5) is 19.1 Å². The molecule has 0 radical (unpaired) electrons. The van der Waals surface area contributed by atoms with Crippen LogP contribution in [0.3, 0.4) is 0 Å². The highest BCUT2D eigenvalue weighted by atomic mass is 32.1. The number of hydrogen-bond donors (Lipinski definition) is 0. The zero-order valence-electron chi connectivity index (χ0n) is 19.6. The molecule has 3 heterocycles. The van der Waals surface area contributed by atoms with Crippen molar-refractivity contribution in [2.24, 2.45) is 0 Å². The predicted octanol–water partition coefficient (Wildman–Crippen LogP) is 5.14. The maximum absolute atomic E-state index is 13.0. The molecule has 0 aliphatic carbocycles. The van der Waals surface area contributed by atoms with Gasteiger partial charge in [-0.25, -0.2) is 9.97 Å². The van der Waals surface area contributed by atoms with Gasteiger partial charge in [-0.2, -0.15) is 13.2 Å². The zero-order valence-corrected chi connectivity index (χ0v) is 20.4. The van der Waals surface area contributed by atoms with Crippen LogP contribution in [0.25, 0.3) is 21.2 Å². The molecule has 0 N–H and O–H groups in total. The van der Waals surface area contributed by atoms with E-state index >= 15 is 0 Å². The van der Waals surface area contributed by atoms with Crippen molar-refractivity contribution in [3.05, 3.63) is 76.8 Å². The van der Waals surface area contributed by atoms with Crippen molar-refractivity contribution in [3.63, 3.8) is 0 Å². The number of benzene rings is 2. The lowest BCUT2D eigenvalue weighted by molar-refractivity contribution is -0.137. The summed E-state index contributed by atoms with van der Waals surface area (Å²) in [5.74, 6) is 0.592. The standard InChI is InChI=1S/C26H26F3N5OS/c27-26(28,29)21-7-5-6-19(16-21)20-17-30-25(31-18-20)33-14-12-32(13-15-33)10-3-4-11-34-24(35)22-8-1-2-9-23(22)36-34/h1-2,5-9,16-18H,3-4,10-15H2. The molecule has 0 bridgehead atoms. The SMILES string of the molecule is O=c1c2ccccc2sn1CCCCN1CCN(c2ncc(-c3cccc(C(F)(F)F)c3)cn2)CC1. The average Bonchev–Trinajstić information content (AvgIpc) is 3.22. The van der Waals surface area contributed by atoms with E-state index in [2.05, 4.69) is 19.8 Å². The van der Waals surface area contributed by atoms with E-state index in [1.165, 1.54) is 17.6 Å². The van der Waals surface area contributed by atoms with Crippen LogP contribution in [0.15, 0.2) is 65.7 Å². The van der Waals surface area contributed by atoms with Gasteiger partial charge < -0.3 is 4.90 Å². The molecule has 2 aromatic heterocycles. The van der Waals surface area contributed by atoms with Gasteiger partial charge >= 0.3 is 6.18 Å². The number of hydrogen-bond acceptors (Lipinski definition) is 6. The summed E-state index contributed by atoms with van der Waals surface area (Å²) in [4.78, 5) is 25.8. The Balaban J connectivity index is 1.09. The molecule has 0 saturated carbocycles. The fraction of sp³-hybridized carbons (Fsp3) is 0.346. The van der Waals surface area contributed by atoms with Crippen molar-refractivity contribution >= 4 is 27.6 Å². The average molecular weight is 514 g/mol. The first-order chi connectivity index (χ1) is 17.4. The van der Waals surface area contributed by atoms with E-state index in [1.807, 2.05) is 28.2 Å². The Bertz CT molecular complexity index is 1370. The molecule has 1 saturated heterocycles. The summed E-state index contributed by atoms with van der Waals surface area (Å²) in [5, 5.41) is 0.795. The van der Waals surface area contributed by atoms with Crippen LogP contribution >= 0.6 is 11.5 Å². The lowest BCUT2D eigenvalue weighted by atomic mass is 10.1. The van der Waals surface area contributed by atoms with Crippen molar-refractivity contribution in [1.82, 2.24) is 18.8 Å². The third-order valence-corrected chi connectivity index (χ3v) is 7.58. The summed E-state index contributed by atoms with van der Waals surface area (Å²) in [7, 11) is 0. The van der Waals surface area contributed by atoms with E-state index in [0.717, 1.165) is 74.3 Å². The molecule has 36 heavy (non-hydrogen) atoms. The Morgan fingerprint density at radius 1 is 0.861 bits per heavy atom. The van der Waals surface area contributed by atoms with Crippen LogP contribution in [-0.2, 0) is 12.7 Å². The molecule has 1 aliphatic rings. The quantitative estimate of drug-likeness (QED) is 0.320. The van der Waals surface area contributed by atoms with E-state index in [9.17, 15) is 18.0 Å². The van der Waals surface area contributed by atoms with E-state index < -0.39 is 11.7 Å². The molecule has 188 valence electrons. The number of anilines is 1. The second-order valence-electron chi connectivity index (χ2n) is 8.88. The van der Waals surface area contributed by atoms with Crippen LogP contribution in [-0.4, -0.2) is 51.5 Å². The summed E-state index contributed by atoms with van der Waals surface area (Å²) in [6.45, 7) is 5.08. The van der Waals surface area contributed by atoms with E-state index in [-0.39, 0.29) is 5.56 Å². The minimum Gasteiger partial charge on any atom is -0.338 e. The molecule has 0 unspecified atom stereocenters. The van der Waals surface area contributed by atoms with Gasteiger partial charge in [-0.05, 0) is 49.2 Å². The molecule has 6 nitrogen and oxygen atoms in total. The number of fused-ring (bicyclic) bond motifs is 1. The van der Waals surface area contributed by atoms with E-state index in [0.29, 0.717) is 17.1 Å². The first kappa shape index (κ1) is 24.5. The Labute approximate surface area is 210 Å². The summed E-state index contributed by atoms with van der Waals surface area (Å²) in [5.41, 5.74) is 0.416. The molecular formula is C26H26F3N5OS. The topological polar surface area (TPSA) is 54.3 Å². The highest BCUT2D eigenvalue weighted by Crippen LogP contribution is 2.32. The van der Waals surface area contributed by atoms with Crippen molar-refractivity contribution in [1.29, 1.82) is 0 Å². The summed E-state index contributed by atoms with van der Waals surface area (Å²) in [6.07, 6.45) is 0.753. The van der Waals surface area contributed by atoms with Crippen LogP contribution in [0.2, 0.25) is 0 Å². The third kappa shape index (κ3) is 5.44. The number of rotatable bonds is 7. The zero-order chi connectivity index (χ0) is 25.1. The van der Waals surface area contributed by atoms with Crippen molar-refractivity contribution in [2.75, 3.05) is 37.6 Å². The first-order valence-corrected chi connectivity index (χ1v) is 12.7. The minimum absolute atomic E-state index is 0.100. The van der Waals surface area contributed by atoms with Crippen LogP contribution in [0.5, 0.6) is 0 Å². The largest absolute Gasteiger partial charge is 0.416 e. The monoisotopic (exact) mass is 513 g/mol. The second-order valence-corrected chi connectivity index (χ2v) is 9.94. The van der Waals surface area contributed by atoms with Crippen LogP contribution in [0, 0.1) is 0 Å². The molecule has 0 spiro atoms. The molecule has 10 heteroatoms. The van der Waals surface area contributed by atoms with E-state index in [1.54, 1.807) is 18.5 Å². The maximum Gasteiger partial charge on any atom is 0.416 e. The number of piperazine rings is 1. The van der Waals surface area contributed by atoms with Crippen molar-refractivity contribution in [3.8, 4) is 11.1 Å². The Kier molecular flexibility index (Phi) is 7.06. The predicted molar refractivity (Wildman–Crippen MR) is 136 cm³/mol. The van der Waals surface area contributed by atoms with Gasteiger partial charge in [0.25, 0.3) is 5.56 Å². The Morgan fingerprint density at radius 3 is 2.31 bits per heavy atom. The molecule has 0 amide bonds. The fourth-order valence-electron chi connectivity index (χ4n) is 4.44. The molecule has 4 aromatic rings. The van der Waals surface area contributed by atoms with Gasteiger partial charge in [-0.3, -0.25) is 13.7 Å². The third-order valence-electron chi connectivity index (χ3n) is 6.45. The molecular weight excluding hydrogens is 487 g/mol. The molecule has 1 fully saturated rings. The number of halogens is 3. The summed E-state index contributed by atoms with van der Waals surface area (Å²) >= 11 is 1.53. The van der Waals surface area contributed by atoms with Crippen molar-refractivity contribution in [2.45, 2.75) is 25.6 Å². The molecule has 2 aromatic carbocycles. The van der Waals surface area contributed by atoms with Gasteiger partial charge in [-0.15, -0.1) is 0 Å². The summed E-state index contributed by atoms with van der Waals surface area (Å²) < 4.78 is 41.9. The minimum atomic E-state index is -4.38. The number of unbranched alkanes of at least 4 members (excludes halogenated alkanes) is 1. The van der Waals surface area contributed by atoms with Gasteiger partial charge in [0.15, 0.2) is 0 Å². The number of aromatic nitrogens is 3. The normalized spacial score (nSPS) is 15.0. The fourth-order valence-corrected chi connectivity index (χ4v) is 5.47. The maximum atomic E-state index is 13.0. The Hall–Kier alpha value is -3.24. The number of aryl methyl sites for hydroxylation is 1. The van der Waals surface area contributed by atoms with Crippen LogP contribution in [0.1, 0.15) is 18.4 Å². The molecule has 5 rings (SSSR count). The second kappa shape index (κ2) is 10.4. The van der Waals surface area contributed by atoms with Gasteiger partial charge in [0.2, 0.25) is 5.95 Å². The smallest absolute Gasteiger partial charge is 0.338 e. The highest BCUT2D eigenvalue weighted by molar-refractivity contribution is 7.13. The highest BCUT2D eigenvalue weighted by Gasteiger charge is 2.30. The van der Waals surface area contributed by atoms with Gasteiger partial charge in [0.05, 0.1) is 15.6 Å². The number of nitrogens with zero attached hydrogens (tertiary/aromatic N) is 5. The van der Waals surface area contributed by atoms with Gasteiger partial charge in [-0.1, -0.05) is 35.8 Å². The van der Waals surface area contributed by atoms with Gasteiger partial charge in [0, 0.05) is 50.7 Å². The lowest BCUT2D eigenvalue weighted by Crippen LogP contribution is -2.47. The molecule has 0 atom stereocenters. The van der Waals surface area contributed by atoms with Crippen LogP contribution < -0.4 is 10.5 Å². The first-order valence-electron chi connectivity index (χ1n) is 11.9.